The summed E-state index contributed by atoms with van der Waals surface area (Å²) < 4.78 is 37.8. The summed E-state index contributed by atoms with van der Waals surface area (Å²) in [7, 11) is 0. The van der Waals surface area contributed by atoms with Gasteiger partial charge in [-0.1, -0.05) is 12.5 Å². The summed E-state index contributed by atoms with van der Waals surface area (Å²) in [5.74, 6) is -0.172. The molecule has 1 aliphatic rings. The number of alkyl halides is 4. The van der Waals surface area contributed by atoms with Gasteiger partial charge in [-0.25, -0.2) is 0 Å². The Labute approximate surface area is 126 Å². The van der Waals surface area contributed by atoms with Gasteiger partial charge in [-0.3, -0.25) is 4.79 Å². The van der Waals surface area contributed by atoms with Gasteiger partial charge in [0.1, 0.15) is 0 Å². The van der Waals surface area contributed by atoms with Gasteiger partial charge < -0.3 is 5.32 Å². The highest BCUT2D eigenvalue weighted by molar-refractivity contribution is 6.20. The van der Waals surface area contributed by atoms with Gasteiger partial charge in [0.05, 0.1) is 5.56 Å². The molecule has 0 aliphatic heterocycles. The molecule has 0 aromatic heterocycles. The van der Waals surface area contributed by atoms with Crippen LogP contribution < -0.4 is 5.32 Å². The van der Waals surface area contributed by atoms with Crippen molar-refractivity contribution < 1.29 is 18.0 Å². The lowest BCUT2D eigenvalue weighted by molar-refractivity contribution is -0.137. The lowest BCUT2D eigenvalue weighted by Gasteiger charge is -2.25. The summed E-state index contributed by atoms with van der Waals surface area (Å²) in [6, 6.07) is 4.46. The van der Waals surface area contributed by atoms with Crippen LogP contribution in [0.3, 0.4) is 0 Å². The Morgan fingerprint density at radius 3 is 2.76 bits per heavy atom. The standard InChI is InChI=1S/C15H17ClF3NO/c16-13-6-1-3-10(7-13)9-20-14(21)11-4-2-5-12(8-11)15(17,18)19/h2,4-5,8,10,13H,1,3,6-7,9H2,(H,20,21). The number of hydrogen-bond acceptors (Lipinski definition) is 1. The molecule has 2 unspecified atom stereocenters. The van der Waals surface area contributed by atoms with Crippen molar-refractivity contribution in [1.82, 2.24) is 5.32 Å². The second-order valence-electron chi connectivity index (χ2n) is 5.42. The number of hydrogen-bond donors (Lipinski definition) is 1. The summed E-state index contributed by atoms with van der Waals surface area (Å²) in [5, 5.41) is 2.84. The predicted octanol–water partition coefficient (Wildman–Crippen LogP) is 4.23. The van der Waals surface area contributed by atoms with Crippen molar-refractivity contribution in [3.05, 3.63) is 35.4 Å². The molecule has 0 bridgehead atoms. The molecule has 116 valence electrons. The van der Waals surface area contributed by atoms with E-state index in [1.807, 2.05) is 0 Å². The van der Waals surface area contributed by atoms with Gasteiger partial charge in [0.15, 0.2) is 0 Å². The quantitative estimate of drug-likeness (QED) is 0.830. The van der Waals surface area contributed by atoms with Crippen LogP contribution >= 0.6 is 11.6 Å². The van der Waals surface area contributed by atoms with Gasteiger partial charge in [-0.2, -0.15) is 13.2 Å². The summed E-state index contributed by atoms with van der Waals surface area (Å²) in [6.07, 6.45) is -0.597. The third-order valence-corrected chi connectivity index (χ3v) is 4.12. The third kappa shape index (κ3) is 4.63. The zero-order chi connectivity index (χ0) is 15.5. The Balaban J connectivity index is 1.94. The smallest absolute Gasteiger partial charge is 0.352 e. The predicted molar refractivity (Wildman–Crippen MR) is 75.4 cm³/mol. The molecule has 2 nitrogen and oxygen atoms in total. The monoisotopic (exact) mass is 319 g/mol. The molecule has 0 spiro atoms. The highest BCUT2D eigenvalue weighted by Gasteiger charge is 2.31. The molecule has 0 saturated heterocycles. The second-order valence-corrected chi connectivity index (χ2v) is 6.04. The number of nitrogens with one attached hydrogen (secondary N) is 1. The van der Waals surface area contributed by atoms with Crippen LogP contribution in [0.1, 0.15) is 41.6 Å². The van der Waals surface area contributed by atoms with E-state index >= 15 is 0 Å². The van der Waals surface area contributed by atoms with Crippen molar-refractivity contribution in [2.75, 3.05) is 6.54 Å². The number of halogens is 4. The molecular formula is C15H17ClF3NO. The Kier molecular flexibility index (Phi) is 5.14. The molecule has 0 heterocycles. The topological polar surface area (TPSA) is 29.1 Å². The first-order valence-corrected chi connectivity index (χ1v) is 7.39. The lowest BCUT2D eigenvalue weighted by atomic mass is 9.89. The molecule has 1 saturated carbocycles. The molecule has 1 aromatic carbocycles. The van der Waals surface area contributed by atoms with E-state index in [1.54, 1.807) is 0 Å². The van der Waals surface area contributed by atoms with Crippen molar-refractivity contribution in [2.24, 2.45) is 5.92 Å². The zero-order valence-electron chi connectivity index (χ0n) is 11.4. The Morgan fingerprint density at radius 2 is 2.10 bits per heavy atom. The van der Waals surface area contributed by atoms with Gasteiger partial charge in [-0.05, 0) is 43.4 Å². The van der Waals surface area contributed by atoms with Crippen molar-refractivity contribution in [3.8, 4) is 0 Å². The number of amides is 1. The Bertz CT molecular complexity index is 504. The second kappa shape index (κ2) is 6.69. The SMILES string of the molecule is O=C(NCC1CCCC(Cl)C1)c1cccc(C(F)(F)F)c1. The van der Waals surface area contributed by atoms with E-state index in [9.17, 15) is 18.0 Å². The fourth-order valence-electron chi connectivity index (χ4n) is 2.59. The van der Waals surface area contributed by atoms with Gasteiger partial charge >= 0.3 is 6.18 Å². The minimum absolute atomic E-state index is 0.0306. The molecule has 6 heteroatoms. The molecule has 0 radical (unpaired) electrons. The maximum absolute atomic E-state index is 12.6. The molecule has 1 amide bonds. The summed E-state index contributed by atoms with van der Waals surface area (Å²) >= 11 is 6.08. The highest BCUT2D eigenvalue weighted by atomic mass is 35.5. The van der Waals surface area contributed by atoms with Gasteiger partial charge in [0, 0.05) is 17.5 Å². The minimum atomic E-state index is -4.44. The molecule has 1 N–H and O–H groups in total. The number of carbonyl (C=O) groups excluding carboxylic acids is 1. The average molecular weight is 320 g/mol. The van der Waals surface area contributed by atoms with E-state index in [0.29, 0.717) is 12.5 Å². The normalized spacial score (nSPS) is 22.9. The average Bonchev–Trinajstić information content (AvgIpc) is 2.44. The van der Waals surface area contributed by atoms with Crippen LogP contribution in [0.5, 0.6) is 0 Å². The van der Waals surface area contributed by atoms with E-state index in [4.69, 9.17) is 11.6 Å². The number of carbonyl (C=O) groups is 1. The van der Waals surface area contributed by atoms with Crippen LogP contribution in [-0.2, 0) is 6.18 Å². The van der Waals surface area contributed by atoms with Crippen molar-refractivity contribution >= 4 is 17.5 Å². The van der Waals surface area contributed by atoms with Gasteiger partial charge in [-0.15, -0.1) is 11.6 Å². The first-order chi connectivity index (χ1) is 9.86. The third-order valence-electron chi connectivity index (χ3n) is 3.72. The Hall–Kier alpha value is -1.23. The maximum Gasteiger partial charge on any atom is 0.416 e. The van der Waals surface area contributed by atoms with Crippen molar-refractivity contribution in [1.29, 1.82) is 0 Å². The summed E-state index contributed by atoms with van der Waals surface area (Å²) in [4.78, 5) is 11.9. The molecule has 21 heavy (non-hydrogen) atoms. The van der Waals surface area contributed by atoms with Crippen molar-refractivity contribution in [3.63, 3.8) is 0 Å². The minimum Gasteiger partial charge on any atom is -0.352 e. The van der Waals surface area contributed by atoms with Crippen LogP contribution in [0.25, 0.3) is 0 Å². The van der Waals surface area contributed by atoms with E-state index in [1.165, 1.54) is 12.1 Å². The summed E-state index contributed by atoms with van der Waals surface area (Å²) in [6.45, 7) is 0.457. The van der Waals surface area contributed by atoms with E-state index < -0.39 is 17.6 Å². The summed E-state index contributed by atoms with van der Waals surface area (Å²) in [5.41, 5.74) is -0.781. The zero-order valence-corrected chi connectivity index (χ0v) is 12.2. The number of rotatable bonds is 3. The van der Waals surface area contributed by atoms with Crippen molar-refractivity contribution in [2.45, 2.75) is 37.2 Å². The molecule has 2 rings (SSSR count). The fourth-order valence-corrected chi connectivity index (χ4v) is 2.99. The van der Waals surface area contributed by atoms with Crippen LogP contribution in [-0.4, -0.2) is 17.8 Å². The van der Waals surface area contributed by atoms with E-state index in [0.717, 1.165) is 37.8 Å². The first kappa shape index (κ1) is 16.1. The molecular weight excluding hydrogens is 303 g/mol. The molecule has 1 fully saturated rings. The van der Waals surface area contributed by atoms with Crippen LogP contribution in [0.4, 0.5) is 13.2 Å². The molecule has 1 aliphatic carbocycles. The Morgan fingerprint density at radius 1 is 1.33 bits per heavy atom. The molecule has 2 atom stereocenters. The van der Waals surface area contributed by atoms with Crippen LogP contribution in [0, 0.1) is 5.92 Å². The largest absolute Gasteiger partial charge is 0.416 e. The van der Waals surface area contributed by atoms with Crippen LogP contribution in [0.15, 0.2) is 24.3 Å². The highest BCUT2D eigenvalue weighted by Crippen LogP contribution is 2.30. The first-order valence-electron chi connectivity index (χ1n) is 6.96. The van der Waals surface area contributed by atoms with E-state index in [2.05, 4.69) is 5.32 Å². The lowest BCUT2D eigenvalue weighted by Crippen LogP contribution is -2.32. The van der Waals surface area contributed by atoms with Gasteiger partial charge in [0.25, 0.3) is 5.91 Å². The molecule has 1 aromatic rings. The van der Waals surface area contributed by atoms with Crippen LogP contribution in [0.2, 0.25) is 0 Å². The van der Waals surface area contributed by atoms with Gasteiger partial charge in [0.2, 0.25) is 0 Å². The fraction of sp³-hybridized carbons (Fsp3) is 0.533. The maximum atomic E-state index is 12.6. The van der Waals surface area contributed by atoms with E-state index in [-0.39, 0.29) is 10.9 Å². The number of benzene rings is 1.